The number of unbranched alkanes of at least 4 members (excludes halogenated alkanes) is 1. The number of aryl methyl sites for hydroxylation is 1. The number of benzene rings is 3. The van der Waals surface area contributed by atoms with Crippen LogP contribution >= 0.6 is 0 Å². The van der Waals surface area contributed by atoms with Crippen LogP contribution in [0.3, 0.4) is 0 Å². The first kappa shape index (κ1) is 33.2. The Morgan fingerprint density at radius 3 is 2.37 bits per heavy atom. The van der Waals surface area contributed by atoms with Crippen molar-refractivity contribution >= 4 is 32.9 Å². The van der Waals surface area contributed by atoms with E-state index in [9.17, 15) is 31.2 Å². The lowest BCUT2D eigenvalue weighted by Gasteiger charge is -2.21. The highest BCUT2D eigenvalue weighted by atomic mass is 32.2. The molecule has 1 aromatic heterocycles. The van der Waals surface area contributed by atoms with Crippen molar-refractivity contribution in [2.45, 2.75) is 70.3 Å². The first-order valence-corrected chi connectivity index (χ1v) is 17.0. The van der Waals surface area contributed by atoms with Crippen molar-refractivity contribution in [2.75, 3.05) is 6.54 Å². The fraction of sp³-hybridized carbons (Fsp3) is 0.382. The number of sulfonamides is 1. The third-order valence-corrected chi connectivity index (χ3v) is 9.49. The number of imidazole rings is 1. The number of hydrogen-bond donors (Lipinski definition) is 2. The first-order valence-electron chi connectivity index (χ1n) is 15.6. The van der Waals surface area contributed by atoms with Gasteiger partial charge in [0, 0.05) is 30.6 Å². The monoisotopic (exact) mass is 654 g/mol. The number of rotatable bonds is 11. The molecule has 8 nitrogen and oxygen atoms in total. The molecule has 0 radical (unpaired) electrons. The van der Waals surface area contributed by atoms with Gasteiger partial charge in [-0.2, -0.15) is 21.6 Å². The molecule has 1 heterocycles. The average Bonchev–Trinajstić information content (AvgIpc) is 3.38. The van der Waals surface area contributed by atoms with Crippen LogP contribution < -0.4 is 10.0 Å². The van der Waals surface area contributed by atoms with Crippen molar-refractivity contribution in [1.82, 2.24) is 19.6 Å². The van der Waals surface area contributed by atoms with E-state index < -0.39 is 21.4 Å². The minimum atomic E-state index is -5.86. The molecule has 0 aliphatic heterocycles. The highest BCUT2D eigenvalue weighted by molar-refractivity contribution is 7.90. The molecule has 0 spiro atoms. The maximum absolute atomic E-state index is 13.1. The summed E-state index contributed by atoms with van der Waals surface area (Å²) >= 11 is 0. The Kier molecular flexibility index (Phi) is 10.1. The van der Waals surface area contributed by atoms with Crippen LogP contribution in [0, 0.1) is 5.92 Å². The molecule has 0 bridgehead atoms. The van der Waals surface area contributed by atoms with E-state index in [0.717, 1.165) is 59.2 Å². The molecule has 244 valence electrons. The number of nitrogens with zero attached hydrogens (tertiary/aromatic N) is 2. The lowest BCUT2D eigenvalue weighted by molar-refractivity contribution is -0.0446. The second-order valence-electron chi connectivity index (χ2n) is 11.8. The molecule has 4 aromatic rings. The zero-order valence-corrected chi connectivity index (χ0v) is 26.4. The third kappa shape index (κ3) is 7.60. The Morgan fingerprint density at radius 1 is 0.957 bits per heavy atom. The van der Waals surface area contributed by atoms with E-state index >= 15 is 0 Å². The topological polar surface area (TPSA) is 110 Å². The highest BCUT2D eigenvalue weighted by Gasteiger charge is 2.47. The van der Waals surface area contributed by atoms with Crippen LogP contribution in [-0.2, 0) is 23.0 Å². The van der Waals surface area contributed by atoms with Gasteiger partial charge < -0.3 is 9.88 Å². The summed E-state index contributed by atoms with van der Waals surface area (Å²) in [6.07, 6.45) is 8.66. The second kappa shape index (κ2) is 14.1. The molecular formula is C34H37F3N4O4S. The largest absolute Gasteiger partial charge is 0.516 e. The Bertz CT molecular complexity index is 1810. The summed E-state index contributed by atoms with van der Waals surface area (Å²) in [5.74, 6) is -0.0649. The van der Waals surface area contributed by atoms with Crippen molar-refractivity contribution in [3.05, 3.63) is 89.2 Å². The van der Waals surface area contributed by atoms with Gasteiger partial charge >= 0.3 is 15.5 Å². The molecule has 2 N–H and O–H groups in total. The van der Waals surface area contributed by atoms with Crippen LogP contribution in [0.15, 0.2) is 66.7 Å². The number of alkyl halides is 3. The molecule has 1 fully saturated rings. The molecule has 1 aliphatic rings. The van der Waals surface area contributed by atoms with Gasteiger partial charge in [-0.3, -0.25) is 9.59 Å². The van der Waals surface area contributed by atoms with Gasteiger partial charge in [-0.15, -0.1) is 0 Å². The van der Waals surface area contributed by atoms with Crippen LogP contribution in [0.25, 0.3) is 22.2 Å². The van der Waals surface area contributed by atoms with Crippen LogP contribution in [0.4, 0.5) is 13.2 Å². The smallest absolute Gasteiger partial charge is 0.352 e. The number of aromatic nitrogens is 2. The van der Waals surface area contributed by atoms with Crippen molar-refractivity contribution in [1.29, 1.82) is 0 Å². The van der Waals surface area contributed by atoms with Crippen LogP contribution in [-0.4, -0.2) is 41.8 Å². The van der Waals surface area contributed by atoms with Gasteiger partial charge in [-0.05, 0) is 66.1 Å². The van der Waals surface area contributed by atoms with Gasteiger partial charge in [0.2, 0.25) is 0 Å². The molecule has 0 atom stereocenters. The average molecular weight is 655 g/mol. The minimum Gasteiger partial charge on any atom is -0.352 e. The SMILES string of the molecule is CCCCc1nc2ccc(C(=O)NCC3CCCCC3)cc2n1Cc1ccc(-c2ccccc2C(=O)NS(=O)(=O)C(F)(F)F)cc1. The fourth-order valence-corrected chi connectivity index (χ4v) is 6.36. The fourth-order valence-electron chi connectivity index (χ4n) is 5.89. The number of halogens is 3. The zero-order valence-electron chi connectivity index (χ0n) is 25.6. The number of amides is 2. The Labute approximate surface area is 266 Å². The molecular weight excluding hydrogens is 617 g/mol. The first-order chi connectivity index (χ1) is 22.0. The normalized spacial score (nSPS) is 14.3. The van der Waals surface area contributed by atoms with E-state index in [0.29, 0.717) is 30.1 Å². The Balaban J connectivity index is 1.39. The standard InChI is InChI=1S/C34H37F3N4O4S/c1-2-3-13-31-39-29-19-18-26(32(42)38-21-23-9-5-4-6-10-23)20-30(29)41(31)22-24-14-16-25(17-15-24)27-11-7-8-12-28(27)33(43)40-46(44,45)34(35,36)37/h7-8,11-12,14-20,23H,2-6,9-10,13,21-22H2,1H3,(H,38,42)(H,40,43). The van der Waals surface area contributed by atoms with E-state index in [1.54, 1.807) is 18.2 Å². The van der Waals surface area contributed by atoms with Gasteiger partial charge in [0.25, 0.3) is 11.8 Å². The van der Waals surface area contributed by atoms with Crippen LogP contribution in [0.5, 0.6) is 0 Å². The maximum Gasteiger partial charge on any atom is 0.516 e. The van der Waals surface area contributed by atoms with Gasteiger partial charge in [0.1, 0.15) is 5.82 Å². The molecule has 2 amide bonds. The number of fused-ring (bicyclic) bond motifs is 1. The van der Waals surface area contributed by atoms with Crippen molar-refractivity contribution < 1.29 is 31.2 Å². The molecule has 1 saturated carbocycles. The molecule has 5 rings (SSSR count). The minimum absolute atomic E-state index is 0.106. The second-order valence-corrected chi connectivity index (χ2v) is 13.4. The molecule has 1 aliphatic carbocycles. The molecule has 3 aromatic carbocycles. The number of nitrogens with one attached hydrogen (secondary N) is 2. The van der Waals surface area contributed by atoms with Crippen molar-refractivity contribution in [3.63, 3.8) is 0 Å². The predicted molar refractivity (Wildman–Crippen MR) is 171 cm³/mol. The molecule has 46 heavy (non-hydrogen) atoms. The molecule has 0 unspecified atom stereocenters. The third-order valence-electron chi connectivity index (χ3n) is 8.43. The lowest BCUT2D eigenvalue weighted by atomic mass is 9.89. The Hall–Kier alpha value is -4.19. The van der Waals surface area contributed by atoms with Gasteiger partial charge in [-0.1, -0.05) is 75.1 Å². The molecule has 12 heteroatoms. The lowest BCUT2D eigenvalue weighted by Crippen LogP contribution is -2.40. The summed E-state index contributed by atoms with van der Waals surface area (Å²) in [5, 5.41) is 3.11. The van der Waals surface area contributed by atoms with E-state index in [1.165, 1.54) is 37.5 Å². The summed E-state index contributed by atoms with van der Waals surface area (Å²) in [5.41, 5.74) is -1.92. The summed E-state index contributed by atoms with van der Waals surface area (Å²) in [6.45, 7) is 3.24. The highest BCUT2D eigenvalue weighted by Crippen LogP contribution is 2.28. The number of carbonyl (C=O) groups is 2. The molecule has 0 saturated heterocycles. The van der Waals surface area contributed by atoms with E-state index in [-0.39, 0.29) is 17.0 Å². The van der Waals surface area contributed by atoms with E-state index in [1.807, 2.05) is 30.3 Å². The summed E-state index contributed by atoms with van der Waals surface area (Å²) in [4.78, 5) is 30.6. The van der Waals surface area contributed by atoms with Gasteiger partial charge in [0.05, 0.1) is 11.0 Å². The maximum atomic E-state index is 13.1. The number of hydrogen-bond acceptors (Lipinski definition) is 5. The Morgan fingerprint density at radius 2 is 1.67 bits per heavy atom. The summed E-state index contributed by atoms with van der Waals surface area (Å²) < 4.78 is 64.9. The van der Waals surface area contributed by atoms with Crippen LogP contribution in [0.2, 0.25) is 0 Å². The summed E-state index contributed by atoms with van der Waals surface area (Å²) in [6, 6.07) is 18.6. The van der Waals surface area contributed by atoms with Crippen molar-refractivity contribution in [3.8, 4) is 11.1 Å². The van der Waals surface area contributed by atoms with Gasteiger partial charge in [-0.25, -0.2) is 9.71 Å². The summed E-state index contributed by atoms with van der Waals surface area (Å²) in [7, 11) is -5.86. The quantitative estimate of drug-likeness (QED) is 0.181. The predicted octanol–water partition coefficient (Wildman–Crippen LogP) is 6.98. The number of carbonyl (C=O) groups excluding carboxylic acids is 2. The zero-order chi connectivity index (χ0) is 32.9. The van der Waals surface area contributed by atoms with Gasteiger partial charge in [0.15, 0.2) is 0 Å². The van der Waals surface area contributed by atoms with Crippen molar-refractivity contribution in [2.24, 2.45) is 5.92 Å². The van der Waals surface area contributed by atoms with E-state index in [4.69, 9.17) is 4.98 Å². The van der Waals surface area contributed by atoms with Crippen LogP contribution in [0.1, 0.15) is 84.0 Å². The van der Waals surface area contributed by atoms with E-state index in [2.05, 4.69) is 16.8 Å².